The summed E-state index contributed by atoms with van der Waals surface area (Å²) in [7, 11) is 0. The Morgan fingerprint density at radius 1 is 1.50 bits per heavy atom. The summed E-state index contributed by atoms with van der Waals surface area (Å²) in [6, 6.07) is 4.13. The van der Waals surface area contributed by atoms with E-state index in [1.807, 2.05) is 12.1 Å². The van der Waals surface area contributed by atoms with Crippen molar-refractivity contribution in [3.05, 3.63) is 24.2 Å². The van der Waals surface area contributed by atoms with E-state index in [2.05, 4.69) is 18.7 Å². The molecule has 2 atom stereocenters. The Kier molecular flexibility index (Phi) is 3.63. The van der Waals surface area contributed by atoms with E-state index in [0.717, 1.165) is 25.5 Å². The van der Waals surface area contributed by atoms with Gasteiger partial charge >= 0.3 is 0 Å². The highest BCUT2D eigenvalue weighted by Gasteiger charge is 2.29. The molecular weight excluding hydrogens is 204 g/mol. The molecule has 2 heterocycles. The van der Waals surface area contributed by atoms with Crippen LogP contribution in [0, 0.1) is 0 Å². The lowest BCUT2D eigenvalue weighted by atomic mass is 10.1. The summed E-state index contributed by atoms with van der Waals surface area (Å²) in [5.74, 6) is 0.801. The van der Waals surface area contributed by atoms with Crippen LogP contribution in [0.15, 0.2) is 22.8 Å². The van der Waals surface area contributed by atoms with Crippen LogP contribution in [-0.4, -0.2) is 36.7 Å². The van der Waals surface area contributed by atoms with E-state index in [0.29, 0.717) is 6.04 Å². The molecule has 1 aromatic heterocycles. The van der Waals surface area contributed by atoms with Crippen molar-refractivity contribution >= 4 is 0 Å². The van der Waals surface area contributed by atoms with Gasteiger partial charge in [0.1, 0.15) is 5.76 Å². The first-order chi connectivity index (χ1) is 7.68. The monoisotopic (exact) mass is 224 g/mol. The fraction of sp³-hybridized carbons (Fsp3) is 0.667. The molecule has 0 spiro atoms. The normalized spacial score (nSPS) is 24.9. The molecule has 90 valence electrons. The van der Waals surface area contributed by atoms with Gasteiger partial charge in [0, 0.05) is 19.1 Å². The third-order valence-corrected chi connectivity index (χ3v) is 3.13. The molecule has 1 aliphatic rings. The zero-order valence-electron chi connectivity index (χ0n) is 9.93. The number of hydrogen-bond acceptors (Lipinski definition) is 4. The molecular formula is C12H20N2O2. The van der Waals surface area contributed by atoms with E-state index in [-0.39, 0.29) is 12.1 Å². The van der Waals surface area contributed by atoms with E-state index in [4.69, 9.17) is 14.9 Å². The summed E-state index contributed by atoms with van der Waals surface area (Å²) in [5.41, 5.74) is 6.13. The number of ether oxygens (including phenoxy) is 1. The molecule has 16 heavy (non-hydrogen) atoms. The first-order valence-corrected chi connectivity index (χ1v) is 5.83. The van der Waals surface area contributed by atoms with Crippen molar-refractivity contribution in [3.63, 3.8) is 0 Å². The van der Waals surface area contributed by atoms with E-state index >= 15 is 0 Å². The SMILES string of the molecule is CC(C)N1CCOC(C(N)c2ccco2)C1. The van der Waals surface area contributed by atoms with Gasteiger partial charge in [0.15, 0.2) is 0 Å². The molecule has 0 aliphatic carbocycles. The van der Waals surface area contributed by atoms with Crippen LogP contribution in [0.5, 0.6) is 0 Å². The van der Waals surface area contributed by atoms with Gasteiger partial charge in [-0.05, 0) is 26.0 Å². The molecule has 2 unspecified atom stereocenters. The molecule has 0 bridgehead atoms. The molecule has 4 heteroatoms. The van der Waals surface area contributed by atoms with Crippen molar-refractivity contribution in [2.24, 2.45) is 5.73 Å². The summed E-state index contributed by atoms with van der Waals surface area (Å²) in [5, 5.41) is 0. The Balaban J connectivity index is 1.99. The maximum Gasteiger partial charge on any atom is 0.123 e. The predicted molar refractivity (Wildman–Crippen MR) is 62.1 cm³/mol. The minimum absolute atomic E-state index is 0.0299. The predicted octanol–water partition coefficient (Wildman–Crippen LogP) is 1.39. The second-order valence-corrected chi connectivity index (χ2v) is 4.54. The third-order valence-electron chi connectivity index (χ3n) is 3.13. The molecule has 0 aromatic carbocycles. The van der Waals surface area contributed by atoms with Crippen LogP contribution >= 0.6 is 0 Å². The Labute approximate surface area is 96.4 Å². The third kappa shape index (κ3) is 2.45. The van der Waals surface area contributed by atoms with Crippen LogP contribution in [0.2, 0.25) is 0 Å². The number of hydrogen-bond donors (Lipinski definition) is 1. The molecule has 0 radical (unpaired) electrons. The molecule has 0 amide bonds. The van der Waals surface area contributed by atoms with Gasteiger partial charge < -0.3 is 14.9 Å². The van der Waals surface area contributed by atoms with E-state index in [1.165, 1.54) is 0 Å². The molecule has 2 rings (SSSR count). The van der Waals surface area contributed by atoms with Crippen LogP contribution in [0.1, 0.15) is 25.6 Å². The number of furan rings is 1. The van der Waals surface area contributed by atoms with Crippen LogP contribution in [0.4, 0.5) is 0 Å². The zero-order valence-corrected chi connectivity index (χ0v) is 9.93. The lowest BCUT2D eigenvalue weighted by molar-refractivity contribution is -0.0529. The average molecular weight is 224 g/mol. The van der Waals surface area contributed by atoms with E-state index in [1.54, 1.807) is 6.26 Å². The van der Waals surface area contributed by atoms with E-state index in [9.17, 15) is 0 Å². The molecule has 1 aromatic rings. The minimum atomic E-state index is -0.170. The quantitative estimate of drug-likeness (QED) is 0.843. The number of rotatable bonds is 3. The maximum atomic E-state index is 6.13. The summed E-state index contributed by atoms with van der Waals surface area (Å²) in [6.45, 7) is 7.00. The Morgan fingerprint density at radius 2 is 2.31 bits per heavy atom. The second kappa shape index (κ2) is 4.99. The standard InChI is InChI=1S/C12H20N2O2/c1-9(2)14-5-7-16-11(8-14)12(13)10-4-3-6-15-10/h3-4,6,9,11-12H,5,7-8,13H2,1-2H3. The number of nitrogens with two attached hydrogens (primary N) is 1. The van der Waals surface area contributed by atoms with Crippen molar-refractivity contribution in [2.75, 3.05) is 19.7 Å². The highest BCUT2D eigenvalue weighted by molar-refractivity contribution is 5.06. The van der Waals surface area contributed by atoms with Crippen molar-refractivity contribution in [2.45, 2.75) is 32.0 Å². The molecule has 0 saturated carbocycles. The lowest BCUT2D eigenvalue weighted by Crippen LogP contribution is -2.49. The summed E-state index contributed by atoms with van der Waals surface area (Å²) < 4.78 is 11.0. The summed E-state index contributed by atoms with van der Waals surface area (Å²) in [6.07, 6.45) is 1.68. The van der Waals surface area contributed by atoms with Gasteiger partial charge in [0.05, 0.1) is 25.0 Å². The number of nitrogens with zero attached hydrogens (tertiary/aromatic N) is 1. The first-order valence-electron chi connectivity index (χ1n) is 5.83. The average Bonchev–Trinajstić information content (AvgIpc) is 2.81. The summed E-state index contributed by atoms with van der Waals surface area (Å²) in [4.78, 5) is 2.39. The zero-order chi connectivity index (χ0) is 11.5. The fourth-order valence-corrected chi connectivity index (χ4v) is 2.05. The highest BCUT2D eigenvalue weighted by atomic mass is 16.5. The van der Waals surface area contributed by atoms with Gasteiger partial charge in [-0.25, -0.2) is 0 Å². The van der Waals surface area contributed by atoms with Crippen molar-refractivity contribution in [1.82, 2.24) is 4.90 Å². The van der Waals surface area contributed by atoms with Gasteiger partial charge in [0.25, 0.3) is 0 Å². The van der Waals surface area contributed by atoms with Crippen molar-refractivity contribution in [1.29, 1.82) is 0 Å². The Hall–Kier alpha value is -0.840. The minimum Gasteiger partial charge on any atom is -0.468 e. The largest absolute Gasteiger partial charge is 0.468 e. The summed E-state index contributed by atoms with van der Waals surface area (Å²) >= 11 is 0. The molecule has 1 saturated heterocycles. The number of morpholine rings is 1. The topological polar surface area (TPSA) is 51.6 Å². The lowest BCUT2D eigenvalue weighted by Gasteiger charge is -2.37. The van der Waals surface area contributed by atoms with Gasteiger partial charge in [0.2, 0.25) is 0 Å². The first kappa shape index (κ1) is 11.6. The Morgan fingerprint density at radius 3 is 2.94 bits per heavy atom. The fourth-order valence-electron chi connectivity index (χ4n) is 2.05. The smallest absolute Gasteiger partial charge is 0.123 e. The molecule has 2 N–H and O–H groups in total. The van der Waals surface area contributed by atoms with Crippen LogP contribution in [-0.2, 0) is 4.74 Å². The maximum absolute atomic E-state index is 6.13. The van der Waals surface area contributed by atoms with E-state index < -0.39 is 0 Å². The van der Waals surface area contributed by atoms with Gasteiger partial charge in [-0.15, -0.1) is 0 Å². The molecule has 1 aliphatic heterocycles. The van der Waals surface area contributed by atoms with Gasteiger partial charge in [-0.2, -0.15) is 0 Å². The Bertz CT molecular complexity index is 311. The second-order valence-electron chi connectivity index (χ2n) is 4.54. The van der Waals surface area contributed by atoms with Gasteiger partial charge in [-0.3, -0.25) is 4.90 Å². The van der Waals surface area contributed by atoms with Crippen molar-refractivity contribution in [3.8, 4) is 0 Å². The van der Waals surface area contributed by atoms with Crippen LogP contribution in [0.3, 0.4) is 0 Å². The van der Waals surface area contributed by atoms with Gasteiger partial charge in [-0.1, -0.05) is 0 Å². The molecule has 4 nitrogen and oxygen atoms in total. The van der Waals surface area contributed by atoms with Crippen LogP contribution < -0.4 is 5.73 Å². The van der Waals surface area contributed by atoms with Crippen molar-refractivity contribution < 1.29 is 9.15 Å². The highest BCUT2D eigenvalue weighted by Crippen LogP contribution is 2.21. The van der Waals surface area contributed by atoms with Crippen LogP contribution in [0.25, 0.3) is 0 Å². The molecule has 1 fully saturated rings.